The number of aromatic nitrogens is 1. The van der Waals surface area contributed by atoms with Crippen molar-refractivity contribution in [1.82, 2.24) is 4.57 Å². The molecule has 2 aliphatic heterocycles. The molecule has 0 aliphatic carbocycles. The van der Waals surface area contributed by atoms with Gasteiger partial charge in [0.05, 0.1) is 16.8 Å². The minimum atomic E-state index is -0.715. The number of ether oxygens (including phenoxy) is 1. The summed E-state index contributed by atoms with van der Waals surface area (Å²) in [5, 5.41) is 20.8. The van der Waals surface area contributed by atoms with E-state index in [2.05, 4.69) is 0 Å². The van der Waals surface area contributed by atoms with E-state index in [9.17, 15) is 14.6 Å². The fraction of sp³-hybridized carbons (Fsp3) is 0.200. The highest BCUT2D eigenvalue weighted by Crippen LogP contribution is 2.58. The van der Waals surface area contributed by atoms with Crippen molar-refractivity contribution in [2.75, 3.05) is 0 Å². The van der Waals surface area contributed by atoms with E-state index in [1.165, 1.54) is 28.8 Å². The van der Waals surface area contributed by atoms with Crippen molar-refractivity contribution in [2.45, 2.75) is 18.6 Å². The Morgan fingerprint density at radius 2 is 1.90 bits per heavy atom. The molecule has 0 spiro atoms. The van der Waals surface area contributed by atoms with Crippen molar-refractivity contribution in [2.24, 2.45) is 0 Å². The zero-order valence-corrected chi connectivity index (χ0v) is 10.7. The zero-order valence-electron chi connectivity index (χ0n) is 10.7. The molecule has 2 unspecified atom stereocenters. The third kappa shape index (κ3) is 1.23. The van der Waals surface area contributed by atoms with Gasteiger partial charge in [-0.05, 0) is 37.3 Å². The van der Waals surface area contributed by atoms with Gasteiger partial charge in [-0.3, -0.25) is 4.57 Å². The molecule has 1 aromatic heterocycles. The summed E-state index contributed by atoms with van der Waals surface area (Å²) in [7, 11) is 0. The van der Waals surface area contributed by atoms with Gasteiger partial charge in [0.15, 0.2) is 0 Å². The summed E-state index contributed by atoms with van der Waals surface area (Å²) >= 11 is 0. The fourth-order valence-electron chi connectivity index (χ4n) is 3.07. The molecule has 2 bridgehead atoms. The lowest BCUT2D eigenvalue weighted by Gasteiger charge is -2.18. The van der Waals surface area contributed by atoms with Gasteiger partial charge in [0.1, 0.15) is 17.5 Å². The van der Waals surface area contributed by atoms with E-state index in [1.54, 1.807) is 0 Å². The first-order chi connectivity index (χ1) is 9.51. The van der Waals surface area contributed by atoms with Gasteiger partial charge in [0.2, 0.25) is 11.8 Å². The molecule has 2 aliphatic rings. The summed E-state index contributed by atoms with van der Waals surface area (Å²) < 4.78 is 20.0. The molecule has 3 heterocycles. The quantitative estimate of drug-likeness (QED) is 0.785. The Balaban J connectivity index is 1.97. The Morgan fingerprint density at radius 1 is 1.20 bits per heavy atom. The van der Waals surface area contributed by atoms with Gasteiger partial charge in [-0.1, -0.05) is 6.08 Å². The molecule has 2 N–H and O–H groups in total. The Kier molecular flexibility index (Phi) is 1.98. The van der Waals surface area contributed by atoms with Crippen molar-refractivity contribution in [1.29, 1.82) is 0 Å². The normalized spacial score (nSPS) is 26.2. The maximum atomic E-state index is 13.0. The highest BCUT2D eigenvalue weighted by Gasteiger charge is 2.50. The number of benzene rings is 1. The molecule has 20 heavy (non-hydrogen) atoms. The van der Waals surface area contributed by atoms with Crippen LogP contribution in [0.15, 0.2) is 36.4 Å². The smallest absolute Gasteiger partial charge is 0.205 e. The highest BCUT2D eigenvalue weighted by atomic mass is 19.1. The minimum Gasteiger partial charge on any atom is -0.494 e. The Labute approximate surface area is 114 Å². The average Bonchev–Trinajstić information content (AvgIpc) is 3.01. The van der Waals surface area contributed by atoms with Crippen LogP contribution in [0.5, 0.6) is 11.8 Å². The number of halogens is 1. The van der Waals surface area contributed by atoms with E-state index < -0.39 is 5.60 Å². The predicted molar refractivity (Wildman–Crippen MR) is 69.4 cm³/mol. The molecular formula is C15H12FNO3. The molecule has 4 rings (SSSR count). The summed E-state index contributed by atoms with van der Waals surface area (Å²) in [4.78, 5) is 0. The summed E-state index contributed by atoms with van der Waals surface area (Å²) in [6.07, 6.45) is 3.38. The average molecular weight is 273 g/mol. The zero-order chi connectivity index (χ0) is 14.1. The first-order valence-corrected chi connectivity index (χ1v) is 6.31. The number of rotatable bonds is 1. The standard InChI is InChI=1S/C15H12FNO3/c1-15-7-6-10(20-15)11-12(15)14(19)17(13(11)18)9-4-2-8(16)3-5-9/h2-7,10,18-19H,1H3. The van der Waals surface area contributed by atoms with Gasteiger partial charge in [-0.2, -0.15) is 0 Å². The molecule has 0 saturated heterocycles. The molecule has 0 radical (unpaired) electrons. The molecule has 4 nitrogen and oxygen atoms in total. The van der Waals surface area contributed by atoms with Gasteiger partial charge in [-0.25, -0.2) is 4.39 Å². The maximum absolute atomic E-state index is 13.0. The van der Waals surface area contributed by atoms with Crippen molar-refractivity contribution in [3.8, 4) is 17.4 Å². The SMILES string of the molecule is CC12C=CC(O1)c1c2c(O)n(-c2ccc(F)cc2)c1O. The molecule has 2 atom stereocenters. The molecule has 0 saturated carbocycles. The van der Waals surface area contributed by atoms with E-state index in [-0.39, 0.29) is 23.7 Å². The Bertz CT molecular complexity index is 747. The second-order valence-corrected chi connectivity index (χ2v) is 5.25. The Morgan fingerprint density at radius 3 is 2.55 bits per heavy atom. The summed E-state index contributed by atoms with van der Waals surface area (Å²) in [5.74, 6) is -0.509. The summed E-state index contributed by atoms with van der Waals surface area (Å²) in [6, 6.07) is 5.57. The van der Waals surface area contributed by atoms with Crippen LogP contribution in [-0.2, 0) is 10.3 Å². The molecule has 1 aromatic carbocycles. The lowest BCUT2D eigenvalue weighted by Crippen LogP contribution is -2.14. The Hall–Kier alpha value is -2.27. The molecule has 2 aromatic rings. The van der Waals surface area contributed by atoms with E-state index in [0.717, 1.165) is 0 Å². The molecule has 102 valence electrons. The molecular weight excluding hydrogens is 261 g/mol. The molecule has 5 heteroatoms. The second-order valence-electron chi connectivity index (χ2n) is 5.25. The van der Waals surface area contributed by atoms with Crippen LogP contribution in [0.2, 0.25) is 0 Å². The van der Waals surface area contributed by atoms with Crippen LogP contribution >= 0.6 is 0 Å². The monoisotopic (exact) mass is 273 g/mol. The maximum Gasteiger partial charge on any atom is 0.205 e. The first-order valence-electron chi connectivity index (χ1n) is 6.31. The highest BCUT2D eigenvalue weighted by molar-refractivity contribution is 5.61. The van der Waals surface area contributed by atoms with Crippen molar-refractivity contribution < 1.29 is 19.3 Å². The number of hydrogen-bond acceptors (Lipinski definition) is 3. The van der Waals surface area contributed by atoms with Crippen LogP contribution in [-0.4, -0.2) is 14.8 Å². The predicted octanol–water partition coefficient (Wildman–Crippen LogP) is 2.88. The molecule has 0 amide bonds. The van der Waals surface area contributed by atoms with Gasteiger partial charge in [-0.15, -0.1) is 0 Å². The minimum absolute atomic E-state index is 0.0674. The first kappa shape index (κ1) is 11.5. The van der Waals surface area contributed by atoms with Gasteiger partial charge < -0.3 is 14.9 Å². The second kappa shape index (κ2) is 3.43. The third-order valence-corrected chi connectivity index (χ3v) is 3.98. The van der Waals surface area contributed by atoms with Crippen molar-refractivity contribution in [3.05, 3.63) is 53.4 Å². The van der Waals surface area contributed by atoms with Crippen LogP contribution in [0.1, 0.15) is 24.2 Å². The van der Waals surface area contributed by atoms with E-state index in [4.69, 9.17) is 4.74 Å². The van der Waals surface area contributed by atoms with Crippen LogP contribution in [0, 0.1) is 5.82 Å². The van der Waals surface area contributed by atoms with Gasteiger partial charge in [0.25, 0.3) is 0 Å². The summed E-state index contributed by atoms with van der Waals surface area (Å²) in [6.45, 7) is 1.84. The topological polar surface area (TPSA) is 54.6 Å². The largest absolute Gasteiger partial charge is 0.494 e. The van der Waals surface area contributed by atoms with E-state index in [0.29, 0.717) is 16.8 Å². The van der Waals surface area contributed by atoms with Crippen LogP contribution in [0.25, 0.3) is 5.69 Å². The van der Waals surface area contributed by atoms with Crippen LogP contribution in [0.3, 0.4) is 0 Å². The number of hydrogen-bond donors (Lipinski definition) is 2. The number of aromatic hydroxyl groups is 2. The van der Waals surface area contributed by atoms with E-state index in [1.807, 2.05) is 19.1 Å². The van der Waals surface area contributed by atoms with Crippen molar-refractivity contribution >= 4 is 0 Å². The third-order valence-electron chi connectivity index (χ3n) is 3.98. The molecule has 0 fully saturated rings. The van der Waals surface area contributed by atoms with Crippen LogP contribution in [0.4, 0.5) is 4.39 Å². The number of nitrogens with zero attached hydrogens (tertiary/aromatic N) is 1. The van der Waals surface area contributed by atoms with E-state index >= 15 is 0 Å². The van der Waals surface area contributed by atoms with Crippen LogP contribution < -0.4 is 0 Å². The van der Waals surface area contributed by atoms with Gasteiger partial charge >= 0.3 is 0 Å². The lowest BCUT2D eigenvalue weighted by atomic mass is 9.91. The van der Waals surface area contributed by atoms with Crippen molar-refractivity contribution in [3.63, 3.8) is 0 Å². The van der Waals surface area contributed by atoms with Gasteiger partial charge in [0, 0.05) is 0 Å². The summed E-state index contributed by atoms with van der Waals surface area (Å²) in [5.41, 5.74) is 0.940. The number of fused-ring (bicyclic) bond motifs is 5. The lowest BCUT2D eigenvalue weighted by molar-refractivity contribution is 0.00856. The fourth-order valence-corrected chi connectivity index (χ4v) is 3.07.